The quantitative estimate of drug-likeness (QED) is 0.759. The first-order valence-corrected chi connectivity index (χ1v) is 5.98. The highest BCUT2D eigenvalue weighted by molar-refractivity contribution is 5.86. The molecule has 9 heteroatoms. The van der Waals surface area contributed by atoms with E-state index < -0.39 is 23.5 Å². The third kappa shape index (κ3) is 2.48. The molecule has 0 saturated carbocycles. The zero-order valence-corrected chi connectivity index (χ0v) is 10.7. The minimum absolute atomic E-state index is 0.127. The van der Waals surface area contributed by atoms with Crippen LogP contribution in [0.25, 0.3) is 22.6 Å². The Balaban J connectivity index is 2.01. The fourth-order valence-corrected chi connectivity index (χ4v) is 1.86. The Hall–Kier alpha value is -2.97. The minimum atomic E-state index is -4.41. The third-order valence-electron chi connectivity index (χ3n) is 2.92. The van der Waals surface area contributed by atoms with E-state index in [1.807, 2.05) is 0 Å². The van der Waals surface area contributed by atoms with Crippen LogP contribution in [-0.2, 0) is 6.18 Å². The van der Waals surface area contributed by atoms with E-state index >= 15 is 0 Å². The number of H-pyrrole nitrogens is 1. The predicted molar refractivity (Wildman–Crippen MR) is 69.1 cm³/mol. The van der Waals surface area contributed by atoms with Gasteiger partial charge in [0.15, 0.2) is 5.65 Å². The monoisotopic (exact) mass is 308 g/mol. The van der Waals surface area contributed by atoms with Gasteiger partial charge in [0.05, 0.1) is 11.8 Å². The van der Waals surface area contributed by atoms with Gasteiger partial charge in [-0.15, -0.1) is 0 Å². The van der Waals surface area contributed by atoms with Gasteiger partial charge in [0.25, 0.3) is 0 Å². The number of alkyl halides is 3. The Bertz CT molecular complexity index is 856. The normalized spacial score (nSPS) is 11.8. The van der Waals surface area contributed by atoms with Gasteiger partial charge in [0, 0.05) is 5.56 Å². The van der Waals surface area contributed by atoms with E-state index in [-0.39, 0.29) is 11.5 Å². The topological polar surface area (TPSA) is 91.8 Å². The summed E-state index contributed by atoms with van der Waals surface area (Å²) in [5.41, 5.74) is 0.172. The fraction of sp³-hybridized carbons (Fsp3) is 0.0769. The molecule has 3 rings (SSSR count). The van der Waals surface area contributed by atoms with Crippen LogP contribution < -0.4 is 0 Å². The number of nitrogens with one attached hydrogen (secondary N) is 1. The number of hydrogen-bond donors (Lipinski definition) is 2. The van der Waals surface area contributed by atoms with E-state index in [1.54, 1.807) is 0 Å². The molecule has 0 unspecified atom stereocenters. The zero-order valence-electron chi connectivity index (χ0n) is 10.7. The van der Waals surface area contributed by atoms with Crippen molar-refractivity contribution in [3.63, 3.8) is 0 Å². The number of hydrogen-bond acceptors (Lipinski definition) is 4. The van der Waals surface area contributed by atoms with Crippen LogP contribution in [0.3, 0.4) is 0 Å². The lowest BCUT2D eigenvalue weighted by molar-refractivity contribution is -0.137. The average molecular weight is 308 g/mol. The number of halogens is 3. The molecule has 112 valence electrons. The lowest BCUT2D eigenvalue weighted by Gasteiger charge is -2.06. The molecular formula is C13H7F3N4O2. The van der Waals surface area contributed by atoms with Gasteiger partial charge in [-0.05, 0) is 12.1 Å². The van der Waals surface area contributed by atoms with Crippen LogP contribution in [0, 0.1) is 0 Å². The van der Waals surface area contributed by atoms with Crippen molar-refractivity contribution >= 4 is 17.1 Å². The molecule has 0 atom stereocenters. The number of imidazole rings is 1. The van der Waals surface area contributed by atoms with E-state index in [2.05, 4.69) is 19.9 Å². The van der Waals surface area contributed by atoms with Crippen LogP contribution >= 0.6 is 0 Å². The van der Waals surface area contributed by atoms with Crippen LogP contribution in [0.1, 0.15) is 16.2 Å². The SMILES string of the molecule is O=C(O)c1ncc2[nH]c(-c3ccc(C(F)(F)F)cc3)nc2n1. The molecule has 6 nitrogen and oxygen atoms in total. The number of nitrogens with zero attached hydrogens (tertiary/aromatic N) is 3. The van der Waals surface area contributed by atoms with Gasteiger partial charge < -0.3 is 10.1 Å². The Morgan fingerprint density at radius 2 is 1.82 bits per heavy atom. The van der Waals surface area contributed by atoms with Crippen molar-refractivity contribution in [3.8, 4) is 11.4 Å². The Morgan fingerprint density at radius 1 is 1.14 bits per heavy atom. The summed E-state index contributed by atoms with van der Waals surface area (Å²) < 4.78 is 37.5. The third-order valence-corrected chi connectivity index (χ3v) is 2.92. The molecule has 0 aliphatic carbocycles. The van der Waals surface area contributed by atoms with Crippen molar-refractivity contribution in [2.24, 2.45) is 0 Å². The number of carboxylic acids is 1. The van der Waals surface area contributed by atoms with Crippen molar-refractivity contribution in [2.75, 3.05) is 0 Å². The van der Waals surface area contributed by atoms with Crippen molar-refractivity contribution < 1.29 is 23.1 Å². The standard InChI is InChI=1S/C13H7F3N4O2/c14-13(15,16)7-3-1-6(2-4-7)9-18-8-5-17-11(12(21)22)20-10(8)19-9/h1-5H,(H,21,22)(H,17,18,19,20). The Kier molecular flexibility index (Phi) is 3.05. The maximum atomic E-state index is 12.5. The summed E-state index contributed by atoms with van der Waals surface area (Å²) in [6, 6.07) is 4.42. The number of carboxylic acid groups (broad SMARTS) is 1. The van der Waals surface area contributed by atoms with E-state index in [0.29, 0.717) is 11.1 Å². The lowest BCUT2D eigenvalue weighted by Crippen LogP contribution is -2.04. The first-order chi connectivity index (χ1) is 10.3. The second kappa shape index (κ2) is 4.79. The molecule has 2 N–H and O–H groups in total. The molecule has 0 aliphatic heterocycles. The summed E-state index contributed by atoms with van der Waals surface area (Å²) >= 11 is 0. The molecule has 0 spiro atoms. The van der Waals surface area contributed by atoms with Crippen LogP contribution in [0.2, 0.25) is 0 Å². The summed E-state index contributed by atoms with van der Waals surface area (Å²) in [6.07, 6.45) is -3.15. The molecular weight excluding hydrogens is 301 g/mol. The van der Waals surface area contributed by atoms with E-state index in [4.69, 9.17) is 5.11 Å². The van der Waals surface area contributed by atoms with Gasteiger partial charge in [0.1, 0.15) is 11.3 Å². The fourth-order valence-electron chi connectivity index (χ4n) is 1.86. The van der Waals surface area contributed by atoms with Crippen molar-refractivity contribution in [1.82, 2.24) is 19.9 Å². The second-order valence-electron chi connectivity index (χ2n) is 4.40. The lowest BCUT2D eigenvalue weighted by atomic mass is 10.1. The highest BCUT2D eigenvalue weighted by atomic mass is 19.4. The van der Waals surface area contributed by atoms with Gasteiger partial charge in [-0.25, -0.2) is 19.7 Å². The summed E-state index contributed by atoms with van der Waals surface area (Å²) in [4.78, 5) is 25.0. The van der Waals surface area contributed by atoms with Crippen LogP contribution in [0.4, 0.5) is 13.2 Å². The minimum Gasteiger partial charge on any atom is -0.475 e. The molecule has 22 heavy (non-hydrogen) atoms. The molecule has 1 aromatic carbocycles. The van der Waals surface area contributed by atoms with E-state index in [0.717, 1.165) is 12.1 Å². The number of aromatic carboxylic acids is 1. The van der Waals surface area contributed by atoms with Crippen LogP contribution in [-0.4, -0.2) is 31.0 Å². The van der Waals surface area contributed by atoms with Crippen LogP contribution in [0.5, 0.6) is 0 Å². The van der Waals surface area contributed by atoms with Crippen molar-refractivity contribution in [3.05, 3.63) is 41.9 Å². The molecule has 2 aromatic heterocycles. The van der Waals surface area contributed by atoms with Gasteiger partial charge in [0.2, 0.25) is 5.82 Å². The first-order valence-electron chi connectivity index (χ1n) is 5.98. The number of rotatable bonds is 2. The predicted octanol–water partition coefficient (Wildman–Crippen LogP) is 2.74. The van der Waals surface area contributed by atoms with Gasteiger partial charge in [-0.2, -0.15) is 13.2 Å². The average Bonchev–Trinajstić information content (AvgIpc) is 2.89. The smallest absolute Gasteiger partial charge is 0.416 e. The van der Waals surface area contributed by atoms with Gasteiger partial charge in [-0.1, -0.05) is 12.1 Å². The van der Waals surface area contributed by atoms with Crippen molar-refractivity contribution in [1.29, 1.82) is 0 Å². The summed E-state index contributed by atoms with van der Waals surface area (Å²) in [5, 5.41) is 8.81. The Labute approximate surface area is 120 Å². The molecule has 0 fully saturated rings. The Morgan fingerprint density at radius 3 is 2.41 bits per heavy atom. The number of carbonyl (C=O) groups is 1. The number of fused-ring (bicyclic) bond motifs is 1. The second-order valence-corrected chi connectivity index (χ2v) is 4.40. The van der Waals surface area contributed by atoms with E-state index in [9.17, 15) is 18.0 Å². The largest absolute Gasteiger partial charge is 0.475 e. The molecule has 2 heterocycles. The molecule has 0 saturated heterocycles. The van der Waals surface area contributed by atoms with E-state index in [1.165, 1.54) is 18.3 Å². The molecule has 0 bridgehead atoms. The first kappa shape index (κ1) is 14.0. The van der Waals surface area contributed by atoms with Crippen molar-refractivity contribution in [2.45, 2.75) is 6.18 Å². The molecule has 0 aliphatic rings. The summed E-state index contributed by atoms with van der Waals surface area (Å²) in [6.45, 7) is 0. The maximum absolute atomic E-state index is 12.5. The van der Waals surface area contributed by atoms with Crippen LogP contribution in [0.15, 0.2) is 30.5 Å². The van der Waals surface area contributed by atoms with Gasteiger partial charge >= 0.3 is 12.1 Å². The molecule has 0 radical (unpaired) electrons. The molecule has 3 aromatic rings. The number of aromatic nitrogens is 4. The van der Waals surface area contributed by atoms with Gasteiger partial charge in [-0.3, -0.25) is 0 Å². The highest BCUT2D eigenvalue weighted by Crippen LogP contribution is 2.30. The maximum Gasteiger partial charge on any atom is 0.416 e. The number of benzene rings is 1. The highest BCUT2D eigenvalue weighted by Gasteiger charge is 2.30. The molecule has 0 amide bonds. The summed E-state index contributed by atoms with van der Waals surface area (Å²) in [5.74, 6) is -1.42. The summed E-state index contributed by atoms with van der Waals surface area (Å²) in [7, 11) is 0. The number of aromatic amines is 1. The zero-order chi connectivity index (χ0) is 15.9.